The van der Waals surface area contributed by atoms with Crippen molar-refractivity contribution >= 4 is 16.9 Å². The molecule has 2 aromatic heterocycles. The van der Waals surface area contributed by atoms with Crippen LogP contribution in [0.3, 0.4) is 0 Å². The van der Waals surface area contributed by atoms with Gasteiger partial charge in [-0.2, -0.15) is 5.10 Å². The van der Waals surface area contributed by atoms with Crippen molar-refractivity contribution < 1.29 is 0 Å². The fourth-order valence-corrected chi connectivity index (χ4v) is 3.26. The van der Waals surface area contributed by atoms with E-state index in [1.807, 2.05) is 31.0 Å². The van der Waals surface area contributed by atoms with Crippen molar-refractivity contribution in [2.45, 2.75) is 6.92 Å². The molecule has 0 spiro atoms. The smallest absolute Gasteiger partial charge is 0.225 e. The molecule has 0 bridgehead atoms. The second kappa shape index (κ2) is 5.87. The van der Waals surface area contributed by atoms with E-state index in [0.717, 1.165) is 54.5 Å². The minimum absolute atomic E-state index is 0.823. The number of likely N-dealkylation sites (N-methyl/N-ethyl adjacent to an activating group) is 1. The fraction of sp³-hybridized carbons (Fsp3) is 0.389. The molecule has 0 atom stereocenters. The molecule has 1 fully saturated rings. The van der Waals surface area contributed by atoms with Gasteiger partial charge >= 0.3 is 0 Å². The molecule has 4 rings (SSSR count). The second-order valence-electron chi connectivity index (χ2n) is 6.50. The Morgan fingerprint density at radius 3 is 2.33 bits per heavy atom. The van der Waals surface area contributed by atoms with E-state index in [2.05, 4.69) is 50.1 Å². The molecule has 0 saturated carbocycles. The molecule has 24 heavy (non-hydrogen) atoms. The average Bonchev–Trinajstić information content (AvgIpc) is 2.90. The van der Waals surface area contributed by atoms with E-state index in [4.69, 9.17) is 0 Å². The van der Waals surface area contributed by atoms with Gasteiger partial charge in [0.1, 0.15) is 0 Å². The maximum atomic E-state index is 4.59. The van der Waals surface area contributed by atoms with Gasteiger partial charge in [0.2, 0.25) is 5.95 Å². The highest BCUT2D eigenvalue weighted by Gasteiger charge is 2.16. The summed E-state index contributed by atoms with van der Waals surface area (Å²) in [7, 11) is 4.13. The van der Waals surface area contributed by atoms with Crippen LogP contribution in [0.15, 0.2) is 30.6 Å². The largest absolute Gasteiger partial charge is 0.338 e. The Morgan fingerprint density at radius 2 is 1.62 bits per heavy atom. The fourth-order valence-electron chi connectivity index (χ4n) is 3.26. The van der Waals surface area contributed by atoms with Gasteiger partial charge in [-0.15, -0.1) is 0 Å². The standard InChI is InChI=1S/C18H22N6/c1-13-16-5-4-14(10-17(16)23(3)21-13)15-11-19-18(20-12-15)24-8-6-22(2)7-9-24/h4-5,10-12H,6-9H2,1-3H3. The van der Waals surface area contributed by atoms with Crippen LogP contribution in [-0.2, 0) is 7.05 Å². The van der Waals surface area contributed by atoms with E-state index in [-0.39, 0.29) is 0 Å². The van der Waals surface area contributed by atoms with Crippen LogP contribution in [0.5, 0.6) is 0 Å². The first-order valence-electron chi connectivity index (χ1n) is 8.31. The normalized spacial score (nSPS) is 16.0. The number of piperazine rings is 1. The number of hydrogen-bond acceptors (Lipinski definition) is 5. The van der Waals surface area contributed by atoms with Gasteiger partial charge in [0, 0.05) is 56.6 Å². The van der Waals surface area contributed by atoms with E-state index >= 15 is 0 Å². The highest BCUT2D eigenvalue weighted by atomic mass is 15.3. The van der Waals surface area contributed by atoms with Gasteiger partial charge in [0.25, 0.3) is 0 Å². The zero-order chi connectivity index (χ0) is 16.7. The molecule has 1 saturated heterocycles. The lowest BCUT2D eigenvalue weighted by molar-refractivity contribution is 0.311. The minimum atomic E-state index is 0.823. The van der Waals surface area contributed by atoms with E-state index in [1.165, 1.54) is 5.39 Å². The summed E-state index contributed by atoms with van der Waals surface area (Å²) in [5, 5.41) is 5.67. The number of fused-ring (bicyclic) bond motifs is 1. The summed E-state index contributed by atoms with van der Waals surface area (Å²) in [6, 6.07) is 6.40. The molecule has 0 amide bonds. The van der Waals surface area contributed by atoms with E-state index in [1.54, 1.807) is 0 Å². The third-order valence-corrected chi connectivity index (χ3v) is 4.79. The monoisotopic (exact) mass is 322 g/mol. The van der Waals surface area contributed by atoms with Crippen molar-refractivity contribution in [1.82, 2.24) is 24.6 Å². The van der Waals surface area contributed by atoms with Gasteiger partial charge < -0.3 is 9.80 Å². The molecule has 3 heterocycles. The Kier molecular flexibility index (Phi) is 3.69. The lowest BCUT2D eigenvalue weighted by atomic mass is 10.1. The summed E-state index contributed by atoms with van der Waals surface area (Å²) in [5.74, 6) is 0.823. The summed E-state index contributed by atoms with van der Waals surface area (Å²) in [6.07, 6.45) is 3.84. The topological polar surface area (TPSA) is 50.1 Å². The Hall–Kier alpha value is -2.47. The highest BCUT2D eigenvalue weighted by Crippen LogP contribution is 2.25. The van der Waals surface area contributed by atoms with Crippen LogP contribution in [0.1, 0.15) is 5.69 Å². The van der Waals surface area contributed by atoms with Crippen molar-refractivity contribution in [1.29, 1.82) is 0 Å². The molecular formula is C18H22N6. The van der Waals surface area contributed by atoms with Gasteiger partial charge in [-0.05, 0) is 25.6 Å². The zero-order valence-corrected chi connectivity index (χ0v) is 14.4. The zero-order valence-electron chi connectivity index (χ0n) is 14.4. The van der Waals surface area contributed by atoms with Gasteiger partial charge in [-0.1, -0.05) is 12.1 Å². The molecule has 0 aliphatic carbocycles. The molecule has 124 valence electrons. The predicted molar refractivity (Wildman–Crippen MR) is 96.2 cm³/mol. The molecule has 1 aliphatic heterocycles. The summed E-state index contributed by atoms with van der Waals surface area (Å²) < 4.78 is 1.92. The van der Waals surface area contributed by atoms with E-state index in [9.17, 15) is 0 Å². The van der Waals surface area contributed by atoms with Crippen molar-refractivity contribution in [2.24, 2.45) is 7.05 Å². The number of nitrogens with zero attached hydrogens (tertiary/aromatic N) is 6. The second-order valence-corrected chi connectivity index (χ2v) is 6.50. The number of hydrogen-bond donors (Lipinski definition) is 0. The number of rotatable bonds is 2. The SMILES string of the molecule is Cc1nn(C)c2cc(-c3cnc(N4CCN(C)CC4)nc3)ccc12. The highest BCUT2D eigenvalue weighted by molar-refractivity contribution is 5.86. The first-order chi connectivity index (χ1) is 11.6. The average molecular weight is 322 g/mol. The molecule has 1 aromatic carbocycles. The van der Waals surface area contributed by atoms with Gasteiger partial charge in [0.05, 0.1) is 11.2 Å². The minimum Gasteiger partial charge on any atom is -0.338 e. The summed E-state index contributed by atoms with van der Waals surface area (Å²) in [4.78, 5) is 13.7. The van der Waals surface area contributed by atoms with Crippen LogP contribution >= 0.6 is 0 Å². The molecule has 0 unspecified atom stereocenters. The van der Waals surface area contributed by atoms with Crippen molar-refractivity contribution in [3.05, 3.63) is 36.3 Å². The Morgan fingerprint density at radius 1 is 0.917 bits per heavy atom. The Labute approximate surface area is 141 Å². The summed E-state index contributed by atoms with van der Waals surface area (Å²) in [6.45, 7) is 6.12. The molecule has 3 aromatic rings. The Balaban J connectivity index is 1.62. The van der Waals surface area contributed by atoms with Crippen LogP contribution in [0, 0.1) is 6.92 Å². The quantitative estimate of drug-likeness (QED) is 0.723. The van der Waals surface area contributed by atoms with Crippen molar-refractivity contribution in [3.63, 3.8) is 0 Å². The Bertz CT molecular complexity index is 859. The van der Waals surface area contributed by atoms with Crippen molar-refractivity contribution in [2.75, 3.05) is 38.1 Å². The number of anilines is 1. The number of aryl methyl sites for hydroxylation is 2. The number of aromatic nitrogens is 4. The van der Waals surface area contributed by atoms with Crippen molar-refractivity contribution in [3.8, 4) is 11.1 Å². The maximum Gasteiger partial charge on any atom is 0.225 e. The van der Waals surface area contributed by atoms with Crippen LogP contribution in [0.25, 0.3) is 22.0 Å². The third-order valence-electron chi connectivity index (χ3n) is 4.79. The van der Waals surface area contributed by atoms with Gasteiger partial charge in [0.15, 0.2) is 0 Å². The van der Waals surface area contributed by atoms with Crippen LogP contribution in [-0.4, -0.2) is 57.9 Å². The van der Waals surface area contributed by atoms with Gasteiger partial charge in [-0.25, -0.2) is 9.97 Å². The van der Waals surface area contributed by atoms with Crippen LogP contribution in [0.2, 0.25) is 0 Å². The first kappa shape index (κ1) is 15.1. The molecule has 0 N–H and O–H groups in total. The first-order valence-corrected chi connectivity index (χ1v) is 8.31. The molecular weight excluding hydrogens is 300 g/mol. The molecule has 1 aliphatic rings. The lowest BCUT2D eigenvalue weighted by Gasteiger charge is -2.32. The predicted octanol–water partition coefficient (Wildman–Crippen LogP) is 2.09. The summed E-state index contributed by atoms with van der Waals surface area (Å²) in [5.41, 5.74) is 4.35. The summed E-state index contributed by atoms with van der Waals surface area (Å²) >= 11 is 0. The van der Waals surface area contributed by atoms with Crippen LogP contribution < -0.4 is 4.90 Å². The third kappa shape index (κ3) is 2.63. The lowest BCUT2D eigenvalue weighted by Crippen LogP contribution is -2.45. The molecule has 6 nitrogen and oxygen atoms in total. The molecule has 0 radical (unpaired) electrons. The molecule has 6 heteroatoms. The van der Waals surface area contributed by atoms with Crippen LogP contribution in [0.4, 0.5) is 5.95 Å². The maximum absolute atomic E-state index is 4.59. The van der Waals surface area contributed by atoms with Gasteiger partial charge in [-0.3, -0.25) is 4.68 Å². The van der Waals surface area contributed by atoms with E-state index < -0.39 is 0 Å². The number of benzene rings is 1. The van der Waals surface area contributed by atoms with E-state index in [0.29, 0.717) is 0 Å².